The summed E-state index contributed by atoms with van der Waals surface area (Å²) in [7, 11) is 0. The maximum atomic E-state index is 12.8. The number of rotatable bonds is 13. The lowest BCUT2D eigenvalue weighted by Gasteiger charge is -2.24. The molecule has 3 aromatic rings. The third kappa shape index (κ3) is 8.48. The fraction of sp³-hybridized carbons (Fsp3) is 0.444. The first kappa shape index (κ1) is 29.5. The number of pyridine rings is 1. The Morgan fingerprint density at radius 3 is 2.36 bits per heavy atom. The van der Waals surface area contributed by atoms with Gasteiger partial charge >= 0.3 is 6.09 Å². The highest BCUT2D eigenvalue weighted by Gasteiger charge is 2.29. The van der Waals surface area contributed by atoms with Gasteiger partial charge < -0.3 is 31.6 Å². The second-order valence-electron chi connectivity index (χ2n) is 10.3. The normalized spacial score (nSPS) is 13.2. The van der Waals surface area contributed by atoms with Crippen molar-refractivity contribution in [2.24, 2.45) is 17.4 Å². The van der Waals surface area contributed by atoms with Crippen LogP contribution in [0.3, 0.4) is 0 Å². The van der Waals surface area contributed by atoms with E-state index in [9.17, 15) is 14.4 Å². The number of carbonyl (C=O) groups excluding carboxylic acids is 3. The number of nitrogens with zero attached hydrogens (tertiary/aromatic N) is 3. The van der Waals surface area contributed by atoms with E-state index in [2.05, 4.69) is 20.8 Å². The van der Waals surface area contributed by atoms with Gasteiger partial charge in [-0.15, -0.1) is 10.2 Å². The molecule has 0 aliphatic heterocycles. The van der Waals surface area contributed by atoms with Gasteiger partial charge in [0.05, 0.1) is 24.4 Å². The standard InChI is InChI=1S/C27H37N7O5/c1-17(2)13-20(23(28)35)31-26(37)39-15-19-11-8-12-22-32-33-24(34(19)22)21(30-25(36)27(3,4)29)16-38-14-18-9-6-5-7-10-18/h5-12,17,20-21H,13-16,29H2,1-4H3,(H2,28,35)(H,30,36)(H,31,37)/t20-,21-/m1/s1. The fourth-order valence-electron chi connectivity index (χ4n) is 3.80. The molecule has 0 unspecified atom stereocenters. The van der Waals surface area contributed by atoms with Crippen molar-refractivity contribution in [3.05, 3.63) is 65.6 Å². The Balaban J connectivity index is 1.81. The minimum Gasteiger partial charge on any atom is -0.443 e. The number of aromatic nitrogens is 3. The molecule has 0 aliphatic rings. The summed E-state index contributed by atoms with van der Waals surface area (Å²) >= 11 is 0. The quantitative estimate of drug-likeness (QED) is 0.255. The molecule has 0 radical (unpaired) electrons. The molecule has 0 fully saturated rings. The largest absolute Gasteiger partial charge is 0.443 e. The first-order valence-electron chi connectivity index (χ1n) is 12.7. The van der Waals surface area contributed by atoms with Crippen LogP contribution in [-0.2, 0) is 32.3 Å². The second-order valence-corrected chi connectivity index (χ2v) is 10.3. The maximum Gasteiger partial charge on any atom is 0.408 e. The predicted octanol–water partition coefficient (Wildman–Crippen LogP) is 1.97. The molecule has 0 bridgehead atoms. The number of ether oxygens (including phenoxy) is 2. The van der Waals surface area contributed by atoms with Gasteiger partial charge in [-0.1, -0.05) is 50.2 Å². The molecule has 12 heteroatoms. The lowest BCUT2D eigenvalue weighted by Crippen LogP contribution is -2.51. The second kappa shape index (κ2) is 13.2. The lowest BCUT2D eigenvalue weighted by molar-refractivity contribution is -0.126. The van der Waals surface area contributed by atoms with E-state index in [1.165, 1.54) is 0 Å². The van der Waals surface area contributed by atoms with Gasteiger partial charge in [-0.25, -0.2) is 4.79 Å². The summed E-state index contributed by atoms with van der Waals surface area (Å²) in [5.74, 6) is -0.514. The van der Waals surface area contributed by atoms with Crippen molar-refractivity contribution in [1.82, 2.24) is 25.2 Å². The molecular formula is C27H37N7O5. The van der Waals surface area contributed by atoms with Crippen LogP contribution in [0.4, 0.5) is 4.79 Å². The number of carbonyl (C=O) groups is 3. The Morgan fingerprint density at radius 1 is 1.00 bits per heavy atom. The average molecular weight is 540 g/mol. The van der Waals surface area contributed by atoms with Crippen LogP contribution in [0.2, 0.25) is 0 Å². The van der Waals surface area contributed by atoms with Crippen LogP contribution in [0.5, 0.6) is 0 Å². The summed E-state index contributed by atoms with van der Waals surface area (Å²) in [6, 6.07) is 13.3. The Labute approximate surface area is 227 Å². The molecule has 3 amide bonds. The molecule has 0 spiro atoms. The van der Waals surface area contributed by atoms with Gasteiger partial charge in [0.15, 0.2) is 11.5 Å². The third-order valence-electron chi connectivity index (χ3n) is 5.83. The number of benzene rings is 1. The first-order chi connectivity index (χ1) is 18.5. The molecule has 39 heavy (non-hydrogen) atoms. The number of hydrogen-bond acceptors (Lipinski definition) is 8. The number of primary amides is 1. The summed E-state index contributed by atoms with van der Waals surface area (Å²) in [6.45, 7) is 7.29. The van der Waals surface area contributed by atoms with E-state index in [-0.39, 0.29) is 19.1 Å². The summed E-state index contributed by atoms with van der Waals surface area (Å²) in [6.07, 6.45) is -0.399. The number of alkyl carbamates (subject to hydrolysis) is 1. The molecule has 1 aromatic carbocycles. The molecular weight excluding hydrogens is 502 g/mol. The van der Waals surface area contributed by atoms with Crippen LogP contribution in [0.1, 0.15) is 57.2 Å². The predicted molar refractivity (Wildman–Crippen MR) is 144 cm³/mol. The molecule has 2 aromatic heterocycles. The van der Waals surface area contributed by atoms with E-state index in [1.54, 1.807) is 36.4 Å². The fourth-order valence-corrected chi connectivity index (χ4v) is 3.80. The van der Waals surface area contributed by atoms with Crippen LogP contribution < -0.4 is 22.1 Å². The van der Waals surface area contributed by atoms with Crippen LogP contribution >= 0.6 is 0 Å². The Kier molecular flexibility index (Phi) is 9.96. The molecule has 0 saturated carbocycles. The Bertz CT molecular complexity index is 1270. The van der Waals surface area contributed by atoms with Gasteiger partial charge in [0.1, 0.15) is 18.7 Å². The topological polar surface area (TPSA) is 176 Å². The Hall–Kier alpha value is -4.03. The van der Waals surface area contributed by atoms with E-state index < -0.39 is 35.5 Å². The number of hydrogen-bond donors (Lipinski definition) is 4. The summed E-state index contributed by atoms with van der Waals surface area (Å²) in [4.78, 5) is 37.0. The van der Waals surface area contributed by atoms with Crippen molar-refractivity contribution < 1.29 is 23.9 Å². The highest BCUT2D eigenvalue weighted by Crippen LogP contribution is 2.19. The number of nitrogens with two attached hydrogens (primary N) is 2. The van der Waals surface area contributed by atoms with Gasteiger partial charge in [-0.2, -0.15) is 0 Å². The van der Waals surface area contributed by atoms with Crippen molar-refractivity contribution >= 4 is 23.6 Å². The zero-order chi connectivity index (χ0) is 28.6. The van der Waals surface area contributed by atoms with Gasteiger partial charge in [0.2, 0.25) is 11.8 Å². The highest BCUT2D eigenvalue weighted by molar-refractivity contribution is 5.85. The van der Waals surface area contributed by atoms with Gasteiger partial charge in [-0.3, -0.25) is 14.0 Å². The van der Waals surface area contributed by atoms with Crippen molar-refractivity contribution in [2.75, 3.05) is 6.61 Å². The maximum absolute atomic E-state index is 12.8. The van der Waals surface area contributed by atoms with Gasteiger partial charge in [0, 0.05) is 0 Å². The monoisotopic (exact) mass is 539 g/mol. The minimum absolute atomic E-state index is 0.0860. The van der Waals surface area contributed by atoms with Crippen LogP contribution in [-0.4, -0.2) is 50.7 Å². The van der Waals surface area contributed by atoms with E-state index in [4.69, 9.17) is 20.9 Å². The van der Waals surface area contributed by atoms with Gasteiger partial charge in [-0.05, 0) is 43.9 Å². The molecule has 6 N–H and O–H groups in total. The zero-order valence-corrected chi connectivity index (χ0v) is 22.7. The summed E-state index contributed by atoms with van der Waals surface area (Å²) < 4.78 is 13.0. The highest BCUT2D eigenvalue weighted by atomic mass is 16.5. The Morgan fingerprint density at radius 2 is 1.72 bits per heavy atom. The number of amides is 3. The molecule has 0 saturated heterocycles. The first-order valence-corrected chi connectivity index (χ1v) is 12.7. The molecule has 12 nitrogen and oxygen atoms in total. The zero-order valence-electron chi connectivity index (χ0n) is 22.7. The average Bonchev–Trinajstić information content (AvgIpc) is 3.31. The summed E-state index contributed by atoms with van der Waals surface area (Å²) in [5, 5.41) is 14.0. The van der Waals surface area contributed by atoms with Crippen molar-refractivity contribution in [3.8, 4) is 0 Å². The van der Waals surface area contributed by atoms with E-state index >= 15 is 0 Å². The molecule has 3 rings (SSSR count). The van der Waals surface area contributed by atoms with E-state index in [0.717, 1.165) is 5.56 Å². The third-order valence-corrected chi connectivity index (χ3v) is 5.83. The SMILES string of the molecule is CC(C)C[C@@H](NC(=O)OCc1cccc2nnc([C@@H](COCc3ccccc3)NC(=O)C(C)(C)N)n12)C(N)=O. The minimum atomic E-state index is -1.14. The number of fused-ring (bicyclic) bond motifs is 1. The lowest BCUT2D eigenvalue weighted by atomic mass is 10.0. The van der Waals surface area contributed by atoms with Gasteiger partial charge in [0.25, 0.3) is 0 Å². The smallest absolute Gasteiger partial charge is 0.408 e. The van der Waals surface area contributed by atoms with Crippen LogP contribution in [0.15, 0.2) is 48.5 Å². The van der Waals surface area contributed by atoms with E-state index in [0.29, 0.717) is 30.2 Å². The van der Waals surface area contributed by atoms with Crippen LogP contribution in [0, 0.1) is 5.92 Å². The molecule has 2 heterocycles. The number of nitrogens with one attached hydrogen (secondary N) is 2. The summed E-state index contributed by atoms with van der Waals surface area (Å²) in [5.41, 5.74) is 12.3. The van der Waals surface area contributed by atoms with Crippen molar-refractivity contribution in [3.63, 3.8) is 0 Å². The van der Waals surface area contributed by atoms with Crippen molar-refractivity contribution in [1.29, 1.82) is 0 Å². The van der Waals surface area contributed by atoms with E-state index in [1.807, 2.05) is 44.2 Å². The molecule has 210 valence electrons. The molecule has 0 aliphatic carbocycles. The van der Waals surface area contributed by atoms with Crippen molar-refractivity contribution in [2.45, 2.75) is 65.0 Å². The van der Waals surface area contributed by atoms with Crippen LogP contribution in [0.25, 0.3) is 5.65 Å². The molecule has 2 atom stereocenters.